The highest BCUT2D eigenvalue weighted by atomic mass is 35.5. The second-order valence-corrected chi connectivity index (χ2v) is 7.63. The molecule has 0 bridgehead atoms. The fourth-order valence-electron chi connectivity index (χ4n) is 2.99. The standard InChI is InChI=1S/C21H27ClN2O/c1-15(2)20(18-9-11-19(22)12-10-18)21(25)23-13-16-5-7-17(8-6-16)14-24(3)4/h5-12,15,20H,13-14H2,1-4H3,(H,23,25)/p+1/t20-/m0/s1. The van der Waals surface area contributed by atoms with Gasteiger partial charge in [0.15, 0.2) is 0 Å². The Labute approximate surface area is 156 Å². The summed E-state index contributed by atoms with van der Waals surface area (Å²) in [6, 6.07) is 16.0. The third-order valence-electron chi connectivity index (χ3n) is 4.23. The first-order valence-electron chi connectivity index (χ1n) is 8.77. The molecule has 0 heterocycles. The van der Waals surface area contributed by atoms with Gasteiger partial charge in [0.25, 0.3) is 0 Å². The van der Waals surface area contributed by atoms with Crippen molar-refractivity contribution in [1.82, 2.24) is 5.32 Å². The minimum Gasteiger partial charge on any atom is -0.351 e. The number of halogens is 1. The summed E-state index contributed by atoms with van der Waals surface area (Å²) in [5.74, 6) is 0.0969. The molecule has 0 aliphatic rings. The molecule has 3 nitrogen and oxygen atoms in total. The average Bonchev–Trinajstić information content (AvgIpc) is 2.55. The first kappa shape index (κ1) is 19.5. The number of rotatable bonds is 7. The van der Waals surface area contributed by atoms with E-state index in [0.29, 0.717) is 11.6 Å². The maximum absolute atomic E-state index is 12.7. The highest BCUT2D eigenvalue weighted by Gasteiger charge is 2.23. The zero-order valence-electron chi connectivity index (χ0n) is 15.5. The Bertz CT molecular complexity index is 678. The molecular formula is C21H28ClN2O+. The van der Waals surface area contributed by atoms with E-state index in [1.807, 2.05) is 24.3 Å². The Balaban J connectivity index is 2.00. The second kappa shape index (κ2) is 9.02. The highest BCUT2D eigenvalue weighted by Crippen LogP contribution is 2.26. The van der Waals surface area contributed by atoms with Crippen LogP contribution in [-0.4, -0.2) is 20.0 Å². The smallest absolute Gasteiger partial charge is 0.228 e. The van der Waals surface area contributed by atoms with Crippen molar-refractivity contribution in [2.24, 2.45) is 5.92 Å². The van der Waals surface area contributed by atoms with Gasteiger partial charge in [0.1, 0.15) is 6.54 Å². The molecule has 0 saturated heterocycles. The molecule has 0 fully saturated rings. The molecule has 134 valence electrons. The molecule has 0 radical (unpaired) electrons. The van der Waals surface area contributed by atoms with Gasteiger partial charge in [0.2, 0.25) is 5.91 Å². The second-order valence-electron chi connectivity index (χ2n) is 7.19. The van der Waals surface area contributed by atoms with Gasteiger partial charge < -0.3 is 10.2 Å². The van der Waals surface area contributed by atoms with Crippen molar-refractivity contribution in [2.45, 2.75) is 32.9 Å². The van der Waals surface area contributed by atoms with Gasteiger partial charge in [-0.3, -0.25) is 4.79 Å². The van der Waals surface area contributed by atoms with Crippen molar-refractivity contribution in [2.75, 3.05) is 14.1 Å². The van der Waals surface area contributed by atoms with Gasteiger partial charge in [-0.25, -0.2) is 0 Å². The summed E-state index contributed by atoms with van der Waals surface area (Å²) in [4.78, 5) is 14.1. The van der Waals surface area contributed by atoms with Crippen molar-refractivity contribution in [1.29, 1.82) is 0 Å². The molecule has 2 rings (SSSR count). The molecule has 0 aliphatic heterocycles. The molecule has 4 heteroatoms. The van der Waals surface area contributed by atoms with Crippen LogP contribution in [0.1, 0.15) is 36.5 Å². The Morgan fingerprint density at radius 1 is 1.00 bits per heavy atom. The zero-order chi connectivity index (χ0) is 18.4. The molecule has 0 aliphatic carbocycles. The summed E-state index contributed by atoms with van der Waals surface area (Å²) >= 11 is 5.96. The quantitative estimate of drug-likeness (QED) is 0.782. The average molecular weight is 360 g/mol. The summed E-state index contributed by atoms with van der Waals surface area (Å²) in [7, 11) is 4.27. The zero-order valence-corrected chi connectivity index (χ0v) is 16.2. The van der Waals surface area contributed by atoms with E-state index in [1.54, 1.807) is 0 Å². The first-order chi connectivity index (χ1) is 11.9. The van der Waals surface area contributed by atoms with Gasteiger partial charge in [-0.2, -0.15) is 0 Å². The lowest BCUT2D eigenvalue weighted by atomic mass is 9.87. The van der Waals surface area contributed by atoms with Crippen LogP contribution in [0.2, 0.25) is 5.02 Å². The summed E-state index contributed by atoms with van der Waals surface area (Å²) in [5.41, 5.74) is 3.42. The maximum atomic E-state index is 12.7. The van der Waals surface area contributed by atoms with Crippen LogP contribution in [0.4, 0.5) is 0 Å². The topological polar surface area (TPSA) is 33.5 Å². The minimum atomic E-state index is -0.172. The van der Waals surface area contributed by atoms with Crippen molar-refractivity contribution >= 4 is 17.5 Å². The van der Waals surface area contributed by atoms with Gasteiger partial charge in [0, 0.05) is 17.1 Å². The highest BCUT2D eigenvalue weighted by molar-refractivity contribution is 6.30. The van der Waals surface area contributed by atoms with Crippen LogP contribution in [-0.2, 0) is 17.9 Å². The molecule has 0 unspecified atom stereocenters. The molecule has 0 saturated carbocycles. The molecule has 0 aromatic heterocycles. The van der Waals surface area contributed by atoms with Crippen LogP contribution in [0.3, 0.4) is 0 Å². The Kier molecular flexibility index (Phi) is 7.03. The van der Waals surface area contributed by atoms with E-state index in [4.69, 9.17) is 11.6 Å². The van der Waals surface area contributed by atoms with E-state index in [-0.39, 0.29) is 17.7 Å². The molecule has 2 aromatic carbocycles. The van der Waals surface area contributed by atoms with Crippen LogP contribution in [0.25, 0.3) is 0 Å². The van der Waals surface area contributed by atoms with E-state index >= 15 is 0 Å². The largest absolute Gasteiger partial charge is 0.351 e. The fourth-order valence-corrected chi connectivity index (χ4v) is 3.12. The monoisotopic (exact) mass is 359 g/mol. The minimum absolute atomic E-state index is 0.0548. The lowest BCUT2D eigenvalue weighted by molar-refractivity contribution is -0.872. The van der Waals surface area contributed by atoms with Gasteiger partial charge in [-0.1, -0.05) is 61.8 Å². The Morgan fingerprint density at radius 3 is 2.08 bits per heavy atom. The summed E-state index contributed by atoms with van der Waals surface area (Å²) in [6.07, 6.45) is 0. The van der Waals surface area contributed by atoms with Crippen molar-refractivity contribution in [3.05, 3.63) is 70.2 Å². The summed E-state index contributed by atoms with van der Waals surface area (Å²) in [6.45, 7) is 5.68. The molecule has 25 heavy (non-hydrogen) atoms. The van der Waals surface area contributed by atoms with E-state index in [1.165, 1.54) is 10.5 Å². The number of hydrogen-bond acceptors (Lipinski definition) is 1. The van der Waals surface area contributed by atoms with Crippen LogP contribution in [0, 0.1) is 5.92 Å². The van der Waals surface area contributed by atoms with Gasteiger partial charge in [-0.05, 0) is 29.2 Å². The van der Waals surface area contributed by atoms with E-state index in [9.17, 15) is 4.79 Å². The van der Waals surface area contributed by atoms with Crippen molar-refractivity contribution in [3.8, 4) is 0 Å². The number of quaternary nitrogens is 1. The Morgan fingerprint density at radius 2 is 1.56 bits per heavy atom. The molecule has 1 atom stereocenters. The first-order valence-corrected chi connectivity index (χ1v) is 9.14. The number of carbonyl (C=O) groups is 1. The fraction of sp³-hybridized carbons (Fsp3) is 0.381. The number of hydrogen-bond donors (Lipinski definition) is 2. The molecular weight excluding hydrogens is 332 g/mol. The number of benzene rings is 2. The third kappa shape index (κ3) is 5.87. The molecule has 1 amide bonds. The van der Waals surface area contributed by atoms with Crippen molar-refractivity contribution < 1.29 is 9.69 Å². The van der Waals surface area contributed by atoms with Crippen LogP contribution < -0.4 is 10.2 Å². The van der Waals surface area contributed by atoms with Crippen molar-refractivity contribution in [3.63, 3.8) is 0 Å². The lowest BCUT2D eigenvalue weighted by Gasteiger charge is -2.21. The normalized spacial score (nSPS) is 12.4. The molecule has 2 aromatic rings. The maximum Gasteiger partial charge on any atom is 0.228 e. The van der Waals surface area contributed by atoms with Crippen LogP contribution in [0.5, 0.6) is 0 Å². The van der Waals surface area contributed by atoms with E-state index in [2.05, 4.69) is 57.5 Å². The SMILES string of the molecule is CC(C)[C@H](C(=O)NCc1ccc(C[NH+](C)C)cc1)c1ccc(Cl)cc1. The lowest BCUT2D eigenvalue weighted by Crippen LogP contribution is -3.04. The summed E-state index contributed by atoms with van der Waals surface area (Å²) < 4.78 is 0. The molecule has 2 N–H and O–H groups in total. The van der Waals surface area contributed by atoms with Gasteiger partial charge >= 0.3 is 0 Å². The van der Waals surface area contributed by atoms with Gasteiger partial charge in [0.05, 0.1) is 20.0 Å². The number of nitrogens with one attached hydrogen (secondary N) is 2. The number of amides is 1. The predicted octanol–water partition coefficient (Wildman–Crippen LogP) is 3.04. The van der Waals surface area contributed by atoms with Crippen LogP contribution >= 0.6 is 11.6 Å². The third-order valence-corrected chi connectivity index (χ3v) is 4.48. The Hall–Kier alpha value is -1.84. The number of carbonyl (C=O) groups excluding carboxylic acids is 1. The predicted molar refractivity (Wildman–Crippen MR) is 104 cm³/mol. The van der Waals surface area contributed by atoms with Gasteiger partial charge in [-0.15, -0.1) is 0 Å². The summed E-state index contributed by atoms with van der Waals surface area (Å²) in [5, 5.41) is 3.76. The molecule has 0 spiro atoms. The van der Waals surface area contributed by atoms with E-state index < -0.39 is 0 Å². The van der Waals surface area contributed by atoms with Crippen LogP contribution in [0.15, 0.2) is 48.5 Å². The van der Waals surface area contributed by atoms with E-state index in [0.717, 1.165) is 17.7 Å².